The highest BCUT2D eigenvalue weighted by Gasteiger charge is 2.76. The van der Waals surface area contributed by atoms with E-state index in [9.17, 15) is 29.1 Å². The van der Waals surface area contributed by atoms with Crippen LogP contribution in [0.2, 0.25) is 0 Å². The number of carbonyl (C=O) groups excluding carboxylic acids is 6. The van der Waals surface area contributed by atoms with Crippen LogP contribution in [-0.2, 0) is 70.3 Å². The van der Waals surface area contributed by atoms with Gasteiger partial charge in [-0.15, -0.1) is 0 Å². The molecule has 2 aromatic rings. The van der Waals surface area contributed by atoms with Gasteiger partial charge in [-0.3, -0.25) is 24.0 Å². The topological polar surface area (TPSA) is 215 Å². The second kappa shape index (κ2) is 22.1. The van der Waals surface area contributed by atoms with E-state index in [4.69, 9.17) is 33.3 Å². The monoisotopic (exact) mass is 973 g/mol. The van der Waals surface area contributed by atoms with Crippen LogP contribution in [-0.4, -0.2) is 113 Å². The quantitative estimate of drug-likeness (QED) is 0.0521. The van der Waals surface area contributed by atoms with Crippen molar-refractivity contribution in [3.05, 3.63) is 76.9 Å². The molecular formula is C53H71N3O14. The Kier molecular flexibility index (Phi) is 16.6. The van der Waals surface area contributed by atoms with Gasteiger partial charge in [-0.05, 0) is 74.9 Å². The summed E-state index contributed by atoms with van der Waals surface area (Å²) < 4.78 is 36.2. The molecule has 7 rings (SSSR count). The number of fused-ring (bicyclic) bond motifs is 4. The molecular weight excluding hydrogens is 903 g/mol. The Labute approximate surface area is 410 Å². The highest BCUT2D eigenvalue weighted by Crippen LogP contribution is 2.58. The fraction of sp³-hybridized carbons (Fsp3) is 0.623. The Bertz CT molecular complexity index is 2260. The average molecular weight is 974 g/mol. The fourth-order valence-corrected chi connectivity index (χ4v) is 10.3. The van der Waals surface area contributed by atoms with Gasteiger partial charge >= 0.3 is 23.9 Å². The first-order chi connectivity index (χ1) is 33.3. The number of nitrogens with zero attached hydrogens (tertiary/aromatic N) is 1. The summed E-state index contributed by atoms with van der Waals surface area (Å²) in [5.74, 6) is -4.29. The zero-order valence-electron chi connectivity index (χ0n) is 41.6. The van der Waals surface area contributed by atoms with Crippen LogP contribution in [0.4, 0.5) is 0 Å². The average Bonchev–Trinajstić information content (AvgIpc) is 3.96. The highest BCUT2D eigenvalue weighted by atomic mass is 16.8. The van der Waals surface area contributed by atoms with Gasteiger partial charge in [0.2, 0.25) is 12.0 Å². The predicted molar refractivity (Wildman–Crippen MR) is 254 cm³/mol. The van der Waals surface area contributed by atoms with Gasteiger partial charge in [-0.25, -0.2) is 9.59 Å². The summed E-state index contributed by atoms with van der Waals surface area (Å²) >= 11 is 0. The van der Waals surface area contributed by atoms with Crippen molar-refractivity contribution in [2.45, 2.75) is 186 Å². The molecule has 2 amide bonds. The minimum Gasteiger partial charge on any atom is -0.462 e. The van der Waals surface area contributed by atoms with Gasteiger partial charge in [-0.2, -0.15) is 5.06 Å². The maximum absolute atomic E-state index is 15.2. The second-order valence-corrected chi connectivity index (χ2v) is 21.0. The van der Waals surface area contributed by atoms with Crippen LogP contribution < -0.4 is 10.6 Å². The van der Waals surface area contributed by atoms with Crippen LogP contribution in [0.1, 0.15) is 146 Å². The zero-order valence-corrected chi connectivity index (χ0v) is 41.6. The summed E-state index contributed by atoms with van der Waals surface area (Å²) in [4.78, 5) is 87.7. The van der Waals surface area contributed by atoms with Crippen LogP contribution in [0.25, 0.3) is 6.08 Å². The first kappa shape index (κ1) is 52.6. The molecule has 382 valence electrons. The number of hydroxylamine groups is 2. The van der Waals surface area contributed by atoms with Crippen molar-refractivity contribution in [3.8, 4) is 0 Å². The van der Waals surface area contributed by atoms with E-state index < -0.39 is 101 Å². The molecule has 5 fully saturated rings. The fourth-order valence-electron chi connectivity index (χ4n) is 10.3. The van der Waals surface area contributed by atoms with E-state index in [1.165, 1.54) is 11.1 Å². The number of nitrogens with one attached hydrogen (secondary N) is 2. The third-order valence-corrected chi connectivity index (χ3v) is 13.8. The van der Waals surface area contributed by atoms with E-state index >= 15 is 4.79 Å². The molecule has 17 nitrogen and oxygen atoms in total. The van der Waals surface area contributed by atoms with Crippen LogP contribution >= 0.6 is 0 Å². The summed E-state index contributed by atoms with van der Waals surface area (Å²) in [6, 6.07) is 12.0. The number of hydrogen-bond acceptors (Lipinski definition) is 15. The predicted octanol–water partition coefficient (Wildman–Crippen LogP) is 6.16. The third-order valence-electron chi connectivity index (χ3n) is 13.8. The molecule has 17 heteroatoms. The second-order valence-electron chi connectivity index (χ2n) is 21.0. The number of benzene rings is 2. The van der Waals surface area contributed by atoms with Gasteiger partial charge in [-0.1, -0.05) is 89.8 Å². The summed E-state index contributed by atoms with van der Waals surface area (Å²) in [6.07, 6.45) is 5.75. The molecule has 70 heavy (non-hydrogen) atoms. The Morgan fingerprint density at radius 2 is 1.66 bits per heavy atom. The summed E-state index contributed by atoms with van der Waals surface area (Å²) in [6.45, 7) is 12.9. The Morgan fingerprint density at radius 3 is 2.33 bits per heavy atom. The first-order valence-corrected chi connectivity index (χ1v) is 25.0. The molecule has 0 radical (unpaired) electrons. The van der Waals surface area contributed by atoms with E-state index in [1.54, 1.807) is 77.1 Å². The molecule has 2 bridgehead atoms. The van der Waals surface area contributed by atoms with Crippen LogP contribution in [0.5, 0.6) is 0 Å². The molecule has 3 N–H and O–H groups in total. The Balaban J connectivity index is 1.14. The van der Waals surface area contributed by atoms with E-state index in [-0.39, 0.29) is 51.1 Å². The number of amides is 2. The van der Waals surface area contributed by atoms with Gasteiger partial charge in [0.05, 0.1) is 19.2 Å². The Hall–Kier alpha value is -5.20. The number of rotatable bonds is 22. The number of aliphatic hydroxyl groups is 1. The molecule has 2 aromatic carbocycles. The van der Waals surface area contributed by atoms with Crippen molar-refractivity contribution >= 4 is 41.8 Å². The molecule has 5 aliphatic rings. The summed E-state index contributed by atoms with van der Waals surface area (Å²) in [5.41, 5.74) is -0.707. The van der Waals surface area contributed by atoms with Gasteiger partial charge < -0.3 is 44.2 Å². The lowest BCUT2D eigenvalue weighted by Gasteiger charge is -2.48. The van der Waals surface area contributed by atoms with E-state index in [0.717, 1.165) is 38.5 Å². The van der Waals surface area contributed by atoms with Crippen molar-refractivity contribution < 1.29 is 67.1 Å². The first-order valence-electron chi connectivity index (χ1n) is 25.0. The summed E-state index contributed by atoms with van der Waals surface area (Å²) in [5, 5.41) is 17.4. The minimum atomic E-state index is -1.50. The number of cyclic esters (lactones) is 1. The van der Waals surface area contributed by atoms with E-state index in [0.29, 0.717) is 29.5 Å². The van der Waals surface area contributed by atoms with E-state index in [1.807, 2.05) is 12.1 Å². The molecule has 1 saturated carbocycles. The van der Waals surface area contributed by atoms with Crippen LogP contribution in [0, 0.1) is 10.8 Å². The van der Waals surface area contributed by atoms with Gasteiger partial charge in [0, 0.05) is 49.3 Å². The van der Waals surface area contributed by atoms with E-state index in [2.05, 4.69) is 24.5 Å². The van der Waals surface area contributed by atoms with Crippen molar-refractivity contribution in [2.24, 2.45) is 10.8 Å². The molecule has 1 aliphatic carbocycles. The van der Waals surface area contributed by atoms with Gasteiger partial charge in [0.1, 0.15) is 42.0 Å². The van der Waals surface area contributed by atoms with Crippen molar-refractivity contribution in [1.82, 2.24) is 15.7 Å². The highest BCUT2D eigenvalue weighted by molar-refractivity contribution is 5.95. The minimum absolute atomic E-state index is 0.00518. The number of carbonyl (C=O) groups is 6. The molecule has 4 heterocycles. The lowest BCUT2D eigenvalue weighted by molar-refractivity contribution is -0.224. The maximum atomic E-state index is 15.2. The van der Waals surface area contributed by atoms with Gasteiger partial charge in [0.15, 0.2) is 11.8 Å². The number of esters is 4. The van der Waals surface area contributed by atoms with Gasteiger partial charge in [0.25, 0.3) is 5.91 Å². The number of unbranched alkanes of at least 4 members (excludes halogenated alkanes) is 4. The van der Waals surface area contributed by atoms with Crippen molar-refractivity contribution in [2.75, 3.05) is 13.2 Å². The number of hydrogen-bond donors (Lipinski definition) is 3. The molecule has 0 aromatic heterocycles. The molecule has 2 unspecified atom stereocenters. The zero-order chi connectivity index (χ0) is 50.4. The van der Waals surface area contributed by atoms with Crippen LogP contribution in [0.15, 0.2) is 54.6 Å². The lowest BCUT2D eigenvalue weighted by Crippen LogP contribution is -2.69. The lowest BCUT2D eigenvalue weighted by atomic mass is 9.62. The molecule has 8 atom stereocenters. The number of aliphatic hydroxyl groups excluding tert-OH is 1. The summed E-state index contributed by atoms with van der Waals surface area (Å²) in [7, 11) is 0. The number of ether oxygens (including phenoxy) is 6. The molecule has 4 aliphatic heterocycles. The smallest absolute Gasteiger partial charge is 0.348 e. The van der Waals surface area contributed by atoms with Crippen molar-refractivity contribution in [3.63, 3.8) is 0 Å². The molecule has 4 saturated heterocycles. The maximum Gasteiger partial charge on any atom is 0.348 e. The van der Waals surface area contributed by atoms with Crippen molar-refractivity contribution in [1.29, 1.82) is 0 Å². The standard InChI is InChI=1S/C53H71N3O14/c1-8-10-14-25-52(26-15-11-9-2)68-41-38-28-53(49(63)54-29-33-17-16-20-35(27-33)46(60)55-37(31-57)22-24-40(59)67-50(3,4)5)43(47(61)65-38)56(70-44(53)42(41)69-52)30-36-19-13-12-18-34(36)21-23-39(58)66-45-48(62)64-32-51(45,6)7/h12-13,16-21,23,27,37-38,41-45,57H,8-11,14-15,22,24-26,28-32H2,1-7H3,(H,54,63)(H,55,60)/t37-,38?,41-,42-,43-,44+,45-,53?/m0/s1. The van der Waals surface area contributed by atoms with Crippen LogP contribution in [0.3, 0.4) is 0 Å². The Morgan fingerprint density at radius 1 is 0.943 bits per heavy atom. The third kappa shape index (κ3) is 11.8. The SMILES string of the molecule is CCCCCC1(CCCCC)O[C@@H]2[C@H]3ON(Cc4ccccc4C=CC(=O)O[C@H]4C(=O)OCC4(C)C)[C@H]4C(=O)OC(CC34C(=O)NCc3cccc(C(=O)N[C@H](CO)CCC(=O)OC(C)(C)C)c3)[C@@H]2O1. The molecule has 0 spiro atoms. The normalized spacial score (nSPS) is 26.8. The largest absolute Gasteiger partial charge is 0.462 e.